The van der Waals surface area contributed by atoms with Crippen molar-refractivity contribution in [2.24, 2.45) is 0 Å². The Bertz CT molecular complexity index is 836. The van der Waals surface area contributed by atoms with Gasteiger partial charge in [-0.1, -0.05) is 55.2 Å². The van der Waals surface area contributed by atoms with Gasteiger partial charge in [-0.2, -0.15) is 0 Å². The molecule has 2 aromatic carbocycles. The molecule has 0 radical (unpaired) electrons. The lowest BCUT2D eigenvalue weighted by atomic mass is 10.1. The average Bonchev–Trinajstić information content (AvgIpc) is 2.75. The Morgan fingerprint density at radius 2 is 1.70 bits per heavy atom. The van der Waals surface area contributed by atoms with Crippen LogP contribution >= 0.6 is 23.2 Å². The summed E-state index contributed by atoms with van der Waals surface area (Å²) in [7, 11) is 1.60. The van der Waals surface area contributed by atoms with Gasteiger partial charge in [0.25, 0.3) is 0 Å². The smallest absolute Gasteiger partial charge is 0.242 e. The number of nitrogens with zero attached hydrogens (tertiary/aromatic N) is 1. The van der Waals surface area contributed by atoms with Crippen LogP contribution in [0.1, 0.15) is 37.8 Å². The molecule has 1 N–H and O–H groups in total. The van der Waals surface area contributed by atoms with E-state index in [0.717, 1.165) is 17.7 Å². The maximum atomic E-state index is 13.3. The molecule has 0 saturated carbocycles. The zero-order valence-electron chi connectivity index (χ0n) is 17.6. The van der Waals surface area contributed by atoms with Gasteiger partial charge >= 0.3 is 0 Å². The summed E-state index contributed by atoms with van der Waals surface area (Å²) < 4.78 is 5.20. The van der Waals surface area contributed by atoms with Gasteiger partial charge in [0.05, 0.1) is 13.5 Å². The van der Waals surface area contributed by atoms with Gasteiger partial charge in [-0.05, 0) is 48.2 Å². The molecule has 0 fully saturated rings. The molecule has 0 aliphatic carbocycles. The molecule has 0 aliphatic heterocycles. The van der Waals surface area contributed by atoms with Crippen molar-refractivity contribution in [3.63, 3.8) is 0 Å². The van der Waals surface area contributed by atoms with Crippen molar-refractivity contribution in [1.29, 1.82) is 0 Å². The standard InChI is InChI=1S/C23H28Cl2N2O3/c1-4-13-26-23(29)21(5-2)27(15-16-9-11-17(30-3)12-10-16)22(28)14-18-19(24)7-6-8-20(18)25/h6-12,21H,4-5,13-15H2,1-3H3,(H,26,29). The maximum Gasteiger partial charge on any atom is 0.242 e. The number of hydrogen-bond acceptors (Lipinski definition) is 3. The fraction of sp³-hybridized carbons (Fsp3) is 0.391. The van der Waals surface area contributed by atoms with E-state index in [4.69, 9.17) is 27.9 Å². The Kier molecular flexibility index (Phi) is 9.47. The second-order valence-corrected chi connectivity index (χ2v) is 7.78. The minimum atomic E-state index is -0.590. The van der Waals surface area contributed by atoms with Crippen LogP contribution in [-0.2, 0) is 22.6 Å². The Hall–Kier alpha value is -2.24. The van der Waals surface area contributed by atoms with E-state index in [2.05, 4.69) is 5.32 Å². The molecule has 0 aliphatic rings. The molecule has 2 rings (SSSR count). The lowest BCUT2D eigenvalue weighted by Gasteiger charge is -2.31. The van der Waals surface area contributed by atoms with E-state index >= 15 is 0 Å². The highest BCUT2D eigenvalue weighted by molar-refractivity contribution is 6.36. The van der Waals surface area contributed by atoms with Gasteiger partial charge in [-0.15, -0.1) is 0 Å². The quantitative estimate of drug-likeness (QED) is 0.560. The van der Waals surface area contributed by atoms with Gasteiger partial charge in [-0.3, -0.25) is 9.59 Å². The molecule has 0 heterocycles. The molecule has 1 atom stereocenters. The van der Waals surface area contributed by atoms with Crippen LogP contribution in [0.5, 0.6) is 5.75 Å². The van der Waals surface area contributed by atoms with Crippen molar-refractivity contribution >= 4 is 35.0 Å². The highest BCUT2D eigenvalue weighted by Crippen LogP contribution is 2.26. The zero-order chi connectivity index (χ0) is 22.1. The molecule has 7 heteroatoms. The van der Waals surface area contributed by atoms with Crippen molar-refractivity contribution in [3.05, 3.63) is 63.6 Å². The van der Waals surface area contributed by atoms with Gasteiger partial charge in [0.2, 0.25) is 11.8 Å². The van der Waals surface area contributed by atoms with Gasteiger partial charge in [0.15, 0.2) is 0 Å². The minimum Gasteiger partial charge on any atom is -0.497 e. The SMILES string of the molecule is CCCNC(=O)C(CC)N(Cc1ccc(OC)cc1)C(=O)Cc1c(Cl)cccc1Cl. The molecule has 1 unspecified atom stereocenters. The molecular formula is C23H28Cl2N2O3. The van der Waals surface area contributed by atoms with Crippen molar-refractivity contribution in [3.8, 4) is 5.75 Å². The van der Waals surface area contributed by atoms with Crippen LogP contribution in [0.2, 0.25) is 10.0 Å². The van der Waals surface area contributed by atoms with Crippen LogP contribution in [0.15, 0.2) is 42.5 Å². The largest absolute Gasteiger partial charge is 0.497 e. The molecule has 0 spiro atoms. The first-order valence-electron chi connectivity index (χ1n) is 10.0. The molecule has 5 nitrogen and oxygen atoms in total. The highest BCUT2D eigenvalue weighted by Gasteiger charge is 2.29. The Labute approximate surface area is 188 Å². The Balaban J connectivity index is 2.32. The molecule has 2 amide bonds. The molecule has 162 valence electrons. The Morgan fingerprint density at radius 1 is 1.07 bits per heavy atom. The number of nitrogens with one attached hydrogen (secondary N) is 1. The molecule has 0 bridgehead atoms. The van der Waals surface area contributed by atoms with Crippen LogP contribution in [0.4, 0.5) is 0 Å². The number of rotatable bonds is 10. The minimum absolute atomic E-state index is 0.0201. The number of methoxy groups -OCH3 is 1. The van der Waals surface area contributed by atoms with Gasteiger partial charge in [-0.25, -0.2) is 0 Å². The average molecular weight is 451 g/mol. The van der Waals surface area contributed by atoms with E-state index in [-0.39, 0.29) is 18.2 Å². The van der Waals surface area contributed by atoms with Crippen LogP contribution in [0.25, 0.3) is 0 Å². The topological polar surface area (TPSA) is 58.6 Å². The van der Waals surface area contributed by atoms with E-state index in [1.165, 1.54) is 0 Å². The van der Waals surface area contributed by atoms with E-state index in [9.17, 15) is 9.59 Å². The van der Waals surface area contributed by atoms with Crippen molar-refractivity contribution in [1.82, 2.24) is 10.2 Å². The first-order valence-corrected chi connectivity index (χ1v) is 10.8. The predicted molar refractivity (Wildman–Crippen MR) is 121 cm³/mol. The van der Waals surface area contributed by atoms with E-state index in [1.54, 1.807) is 30.2 Å². The summed E-state index contributed by atoms with van der Waals surface area (Å²) in [4.78, 5) is 27.7. The predicted octanol–water partition coefficient (Wildman–Crippen LogP) is 4.88. The highest BCUT2D eigenvalue weighted by atomic mass is 35.5. The van der Waals surface area contributed by atoms with Gasteiger partial charge in [0, 0.05) is 23.1 Å². The van der Waals surface area contributed by atoms with Gasteiger partial charge < -0.3 is 15.0 Å². The third-order valence-electron chi connectivity index (χ3n) is 4.84. The fourth-order valence-corrected chi connectivity index (χ4v) is 3.70. The fourth-order valence-electron chi connectivity index (χ4n) is 3.17. The van der Waals surface area contributed by atoms with Crippen LogP contribution in [-0.4, -0.2) is 36.4 Å². The third kappa shape index (κ3) is 6.38. The summed E-state index contributed by atoms with van der Waals surface area (Å²) in [5, 5.41) is 3.77. The normalized spacial score (nSPS) is 11.6. The summed E-state index contributed by atoms with van der Waals surface area (Å²) in [5.41, 5.74) is 1.46. The second kappa shape index (κ2) is 11.8. The number of carbonyl (C=O) groups is 2. The van der Waals surface area contributed by atoms with Crippen molar-refractivity contribution in [2.75, 3.05) is 13.7 Å². The number of ether oxygens (including phenoxy) is 1. The first-order chi connectivity index (χ1) is 14.4. The van der Waals surface area contributed by atoms with Crippen LogP contribution < -0.4 is 10.1 Å². The van der Waals surface area contributed by atoms with Crippen molar-refractivity contribution in [2.45, 2.75) is 45.7 Å². The second-order valence-electron chi connectivity index (χ2n) is 6.96. The molecular weight excluding hydrogens is 423 g/mol. The zero-order valence-corrected chi connectivity index (χ0v) is 19.1. The van der Waals surface area contributed by atoms with Crippen LogP contribution in [0, 0.1) is 0 Å². The number of benzene rings is 2. The summed E-state index contributed by atoms with van der Waals surface area (Å²) in [6, 6.07) is 12.0. The lowest BCUT2D eigenvalue weighted by molar-refractivity contribution is -0.140. The third-order valence-corrected chi connectivity index (χ3v) is 5.55. The van der Waals surface area contributed by atoms with E-state index < -0.39 is 6.04 Å². The summed E-state index contributed by atoms with van der Waals surface area (Å²) in [5.74, 6) is 0.359. The summed E-state index contributed by atoms with van der Waals surface area (Å²) >= 11 is 12.5. The van der Waals surface area contributed by atoms with Crippen molar-refractivity contribution < 1.29 is 14.3 Å². The monoisotopic (exact) mass is 450 g/mol. The number of hydrogen-bond donors (Lipinski definition) is 1. The van der Waals surface area contributed by atoms with E-state index in [0.29, 0.717) is 35.1 Å². The molecule has 30 heavy (non-hydrogen) atoms. The van der Waals surface area contributed by atoms with E-state index in [1.807, 2.05) is 38.1 Å². The summed E-state index contributed by atoms with van der Waals surface area (Å²) in [6.07, 6.45) is 1.34. The maximum absolute atomic E-state index is 13.3. The number of halogens is 2. The lowest BCUT2D eigenvalue weighted by Crippen LogP contribution is -2.49. The molecule has 2 aromatic rings. The Morgan fingerprint density at radius 3 is 2.23 bits per heavy atom. The molecule has 0 saturated heterocycles. The number of amides is 2. The van der Waals surface area contributed by atoms with Gasteiger partial charge in [0.1, 0.15) is 11.8 Å². The summed E-state index contributed by atoms with van der Waals surface area (Å²) in [6.45, 7) is 4.74. The molecule has 0 aromatic heterocycles. The number of carbonyl (C=O) groups excluding carboxylic acids is 2. The van der Waals surface area contributed by atoms with Crippen LogP contribution in [0.3, 0.4) is 0 Å². The first kappa shape index (κ1) is 24.0.